The molecule has 1 heteroatoms. The Morgan fingerprint density at radius 3 is 1.55 bits per heavy atom. The zero-order valence-corrected chi connectivity index (χ0v) is 37.2. The van der Waals surface area contributed by atoms with Gasteiger partial charge in [-0.25, -0.2) is 0 Å². The minimum absolute atomic E-state index is 0.0628. The van der Waals surface area contributed by atoms with Crippen LogP contribution < -0.4 is 4.90 Å². The second kappa shape index (κ2) is 13.9. The molecule has 0 fully saturated rings. The van der Waals surface area contributed by atoms with Gasteiger partial charge in [0.25, 0.3) is 0 Å². The number of hydrogen-bond acceptors (Lipinski definition) is 1. The maximum atomic E-state index is 2.53. The number of aryl methyl sites for hydroxylation is 2. The van der Waals surface area contributed by atoms with Crippen LogP contribution in [0.1, 0.15) is 58.4 Å². The molecule has 0 bridgehead atoms. The molecule has 13 rings (SSSR count). The first-order valence-electron chi connectivity index (χ1n) is 23.0. The Labute approximate surface area is 382 Å². The van der Waals surface area contributed by atoms with Crippen LogP contribution >= 0.6 is 0 Å². The van der Waals surface area contributed by atoms with Gasteiger partial charge in [0.15, 0.2) is 0 Å². The molecule has 0 atom stereocenters. The average Bonchev–Trinajstić information content (AvgIpc) is 3.90. The highest BCUT2D eigenvalue weighted by Gasteiger charge is 2.53. The molecule has 3 aliphatic carbocycles. The molecule has 1 spiro atoms. The molecule has 0 aromatic heterocycles. The Morgan fingerprint density at radius 1 is 0.354 bits per heavy atom. The fraction of sp³-hybridized carbons (Fsp3) is 0.0938. The third kappa shape index (κ3) is 5.27. The van der Waals surface area contributed by atoms with Gasteiger partial charge in [-0.1, -0.05) is 207 Å². The van der Waals surface area contributed by atoms with Crippen LogP contribution in [0.5, 0.6) is 0 Å². The lowest BCUT2D eigenvalue weighted by Gasteiger charge is -2.36. The van der Waals surface area contributed by atoms with E-state index in [1.165, 1.54) is 117 Å². The number of rotatable bonds is 5. The summed E-state index contributed by atoms with van der Waals surface area (Å²) in [6.45, 7) is 9.20. The molecule has 10 aromatic rings. The zero-order chi connectivity index (χ0) is 43.6. The van der Waals surface area contributed by atoms with Gasteiger partial charge in [-0.15, -0.1) is 0 Å². The maximum absolute atomic E-state index is 2.53. The highest BCUT2D eigenvalue weighted by molar-refractivity contribution is 6.01. The summed E-state index contributed by atoms with van der Waals surface area (Å²) in [6.07, 6.45) is 0. The largest absolute Gasteiger partial charge is 0.310 e. The quantitative estimate of drug-likeness (QED) is 0.167. The fourth-order valence-corrected chi connectivity index (χ4v) is 12.1. The van der Waals surface area contributed by atoms with Crippen molar-refractivity contribution in [2.24, 2.45) is 0 Å². The number of benzene rings is 10. The third-order valence-electron chi connectivity index (χ3n) is 15.0. The molecule has 65 heavy (non-hydrogen) atoms. The van der Waals surface area contributed by atoms with Crippen molar-refractivity contribution in [1.29, 1.82) is 0 Å². The highest BCUT2D eigenvalue weighted by Crippen LogP contribution is 2.65. The molecule has 0 aliphatic heterocycles. The minimum Gasteiger partial charge on any atom is -0.310 e. The molecule has 0 unspecified atom stereocenters. The van der Waals surface area contributed by atoms with Crippen LogP contribution in [0.4, 0.5) is 17.1 Å². The molecule has 0 saturated carbocycles. The first-order valence-corrected chi connectivity index (χ1v) is 23.0. The second-order valence-corrected chi connectivity index (χ2v) is 18.9. The summed E-state index contributed by atoms with van der Waals surface area (Å²) >= 11 is 0. The summed E-state index contributed by atoms with van der Waals surface area (Å²) in [5.41, 5.74) is 26.4. The summed E-state index contributed by atoms with van der Waals surface area (Å²) in [7, 11) is 0. The SMILES string of the molecule is Cc1ccc2c(c1)C1(c3cc(C)ccc3-2)c2ccccc2-c2cccc(N(c3ccc(-c4cccc5c4-c4ccccc4C5(C)C)cc3)c3ccc(-c4cccc5ccccc45)cc3)c21. The van der Waals surface area contributed by atoms with Crippen LogP contribution in [0.3, 0.4) is 0 Å². The molecule has 0 N–H and O–H groups in total. The molecule has 0 radical (unpaired) electrons. The third-order valence-corrected chi connectivity index (χ3v) is 15.0. The first kappa shape index (κ1) is 37.8. The van der Waals surface area contributed by atoms with Crippen LogP contribution in [-0.2, 0) is 10.8 Å². The molecule has 0 amide bonds. The standard InChI is InChI=1S/C64H47N/c1-40-26-36-51-52-37-27-41(2)39-59(52)64(58(51)38-40)56-23-10-7-17-50(56)53-21-13-25-60(62(53)64)65(45-32-28-43(29-33-45)48-19-11-15-42-14-5-6-16-47(42)48)46-34-30-44(31-35-46)49-20-12-24-57-61(49)54-18-8-9-22-55(54)63(57,3)4/h5-39H,1-4H3. The number of nitrogens with zero attached hydrogens (tertiary/aromatic N) is 1. The average molecular weight is 830 g/mol. The van der Waals surface area contributed by atoms with Gasteiger partial charge in [-0.3, -0.25) is 0 Å². The van der Waals surface area contributed by atoms with Gasteiger partial charge in [0, 0.05) is 22.4 Å². The molecule has 0 heterocycles. The van der Waals surface area contributed by atoms with E-state index in [1.54, 1.807) is 0 Å². The topological polar surface area (TPSA) is 3.24 Å². The van der Waals surface area contributed by atoms with Crippen molar-refractivity contribution < 1.29 is 0 Å². The molecule has 0 saturated heterocycles. The maximum Gasteiger partial charge on any atom is 0.0746 e. The molecule has 3 aliphatic rings. The normalized spacial score (nSPS) is 14.1. The van der Waals surface area contributed by atoms with Crippen molar-refractivity contribution >= 4 is 27.8 Å². The second-order valence-electron chi connectivity index (χ2n) is 18.9. The molecular weight excluding hydrogens is 783 g/mol. The summed E-state index contributed by atoms with van der Waals surface area (Å²) in [5, 5.41) is 2.51. The van der Waals surface area contributed by atoms with Gasteiger partial charge in [-0.05, 0) is 138 Å². The lowest BCUT2D eigenvalue weighted by Crippen LogP contribution is -2.28. The minimum atomic E-state index is -0.517. The van der Waals surface area contributed by atoms with Crippen LogP contribution in [0.2, 0.25) is 0 Å². The lowest BCUT2D eigenvalue weighted by molar-refractivity contribution is 0.660. The van der Waals surface area contributed by atoms with E-state index in [9.17, 15) is 0 Å². The fourth-order valence-electron chi connectivity index (χ4n) is 12.1. The van der Waals surface area contributed by atoms with E-state index in [4.69, 9.17) is 0 Å². The first-order chi connectivity index (χ1) is 31.8. The van der Waals surface area contributed by atoms with E-state index >= 15 is 0 Å². The van der Waals surface area contributed by atoms with Gasteiger partial charge in [-0.2, -0.15) is 0 Å². The van der Waals surface area contributed by atoms with Gasteiger partial charge >= 0.3 is 0 Å². The van der Waals surface area contributed by atoms with Crippen molar-refractivity contribution in [1.82, 2.24) is 0 Å². The van der Waals surface area contributed by atoms with Gasteiger partial charge in [0.1, 0.15) is 0 Å². The van der Waals surface area contributed by atoms with Crippen LogP contribution in [0.15, 0.2) is 212 Å². The Kier molecular flexibility index (Phi) is 8.07. The Morgan fingerprint density at radius 2 is 0.846 bits per heavy atom. The van der Waals surface area contributed by atoms with Crippen molar-refractivity contribution in [3.63, 3.8) is 0 Å². The van der Waals surface area contributed by atoms with Gasteiger partial charge in [0.2, 0.25) is 0 Å². The van der Waals surface area contributed by atoms with Gasteiger partial charge in [0.05, 0.1) is 11.1 Å². The predicted octanol–water partition coefficient (Wildman–Crippen LogP) is 16.9. The van der Waals surface area contributed by atoms with Crippen molar-refractivity contribution in [2.75, 3.05) is 4.90 Å². The summed E-state index contributed by atoms with van der Waals surface area (Å²) in [4.78, 5) is 2.53. The van der Waals surface area contributed by atoms with E-state index in [1.807, 2.05) is 0 Å². The molecule has 1 nitrogen and oxygen atoms in total. The summed E-state index contributed by atoms with van der Waals surface area (Å²) < 4.78 is 0. The Bertz CT molecular complexity index is 3530. The summed E-state index contributed by atoms with van der Waals surface area (Å²) in [5.74, 6) is 0. The van der Waals surface area contributed by atoms with Crippen LogP contribution in [0.25, 0.3) is 66.4 Å². The lowest BCUT2D eigenvalue weighted by atomic mass is 9.69. The van der Waals surface area contributed by atoms with E-state index in [-0.39, 0.29) is 5.41 Å². The summed E-state index contributed by atoms with van der Waals surface area (Å²) in [6, 6.07) is 80.2. The Hall–Kier alpha value is -7.74. The monoisotopic (exact) mass is 829 g/mol. The Balaban J connectivity index is 1.05. The smallest absolute Gasteiger partial charge is 0.0746 e. The van der Waals surface area contributed by atoms with E-state index < -0.39 is 5.41 Å². The zero-order valence-electron chi connectivity index (χ0n) is 37.2. The van der Waals surface area contributed by atoms with Gasteiger partial charge < -0.3 is 4.90 Å². The number of anilines is 3. The van der Waals surface area contributed by atoms with Crippen LogP contribution in [0, 0.1) is 13.8 Å². The molecule has 308 valence electrons. The van der Waals surface area contributed by atoms with Crippen molar-refractivity contribution in [3.05, 3.63) is 257 Å². The highest BCUT2D eigenvalue weighted by atomic mass is 15.1. The van der Waals surface area contributed by atoms with Crippen molar-refractivity contribution in [2.45, 2.75) is 38.5 Å². The van der Waals surface area contributed by atoms with Crippen molar-refractivity contribution in [3.8, 4) is 55.6 Å². The van der Waals surface area contributed by atoms with E-state index in [0.29, 0.717) is 0 Å². The van der Waals surface area contributed by atoms with E-state index in [2.05, 4.69) is 245 Å². The van der Waals surface area contributed by atoms with Crippen LogP contribution in [-0.4, -0.2) is 0 Å². The van der Waals surface area contributed by atoms with E-state index in [0.717, 1.165) is 11.4 Å². The number of fused-ring (bicyclic) bond motifs is 14. The number of hydrogen-bond donors (Lipinski definition) is 0. The molecular formula is C64H47N. The predicted molar refractivity (Wildman–Crippen MR) is 273 cm³/mol. The molecule has 10 aromatic carbocycles.